The van der Waals surface area contributed by atoms with Crippen molar-refractivity contribution < 1.29 is 14.6 Å². The number of esters is 1. The van der Waals surface area contributed by atoms with Gasteiger partial charge in [0.1, 0.15) is 6.04 Å². The minimum absolute atomic E-state index is 0.273. The smallest absolute Gasteiger partial charge is 0.323 e. The summed E-state index contributed by atoms with van der Waals surface area (Å²) in [6.07, 6.45) is 0.485. The number of hydrogen-bond donors (Lipinski definition) is 2. The van der Waals surface area contributed by atoms with Gasteiger partial charge in [0.25, 0.3) is 0 Å². The van der Waals surface area contributed by atoms with E-state index in [2.05, 4.69) is 4.74 Å². The van der Waals surface area contributed by atoms with Crippen LogP contribution in [0.25, 0.3) is 0 Å². The molecule has 5 heteroatoms. The molecule has 1 fully saturated rings. The van der Waals surface area contributed by atoms with Crippen LogP contribution in [0.2, 0.25) is 0 Å². The lowest BCUT2D eigenvalue weighted by Crippen LogP contribution is -2.42. The highest BCUT2D eigenvalue weighted by Gasteiger charge is 2.24. The fourth-order valence-corrected chi connectivity index (χ4v) is 1.48. The molecule has 0 radical (unpaired) electrons. The Morgan fingerprint density at radius 3 is 3.00 bits per heavy atom. The monoisotopic (exact) mass is 188 g/mol. The maximum Gasteiger partial charge on any atom is 0.323 e. The molecule has 5 nitrogen and oxygen atoms in total. The van der Waals surface area contributed by atoms with E-state index in [1.807, 2.05) is 4.90 Å². The first kappa shape index (κ1) is 10.4. The summed E-state index contributed by atoms with van der Waals surface area (Å²) >= 11 is 0. The summed E-state index contributed by atoms with van der Waals surface area (Å²) in [7, 11) is 1.32. The Kier molecular flexibility index (Phi) is 3.65. The van der Waals surface area contributed by atoms with Gasteiger partial charge in [0.15, 0.2) is 0 Å². The largest absolute Gasteiger partial charge is 0.468 e. The summed E-state index contributed by atoms with van der Waals surface area (Å²) in [6.45, 7) is 1.86. The van der Waals surface area contributed by atoms with Crippen LogP contribution in [0.4, 0.5) is 0 Å². The van der Waals surface area contributed by atoms with E-state index >= 15 is 0 Å². The van der Waals surface area contributed by atoms with Gasteiger partial charge in [-0.25, -0.2) is 0 Å². The zero-order valence-corrected chi connectivity index (χ0v) is 7.77. The first-order valence-electron chi connectivity index (χ1n) is 4.37. The second kappa shape index (κ2) is 4.55. The molecule has 1 saturated heterocycles. The summed E-state index contributed by atoms with van der Waals surface area (Å²) in [5.74, 6) is -0.401. The van der Waals surface area contributed by atoms with Gasteiger partial charge in [-0.3, -0.25) is 9.69 Å². The molecular weight excluding hydrogens is 172 g/mol. The van der Waals surface area contributed by atoms with Crippen molar-refractivity contribution in [3.8, 4) is 0 Å². The van der Waals surface area contributed by atoms with Crippen LogP contribution in [0.15, 0.2) is 0 Å². The zero-order chi connectivity index (χ0) is 9.84. The molecule has 0 aromatic rings. The van der Waals surface area contributed by atoms with Gasteiger partial charge in [-0.1, -0.05) is 0 Å². The summed E-state index contributed by atoms with van der Waals surface area (Å²) in [6, 6.07) is -0.602. The van der Waals surface area contributed by atoms with Crippen molar-refractivity contribution in [2.45, 2.75) is 18.6 Å². The van der Waals surface area contributed by atoms with E-state index in [0.717, 1.165) is 13.0 Å². The molecule has 0 bridgehead atoms. The van der Waals surface area contributed by atoms with E-state index in [9.17, 15) is 9.90 Å². The van der Waals surface area contributed by atoms with E-state index in [0.29, 0.717) is 13.1 Å². The maximum atomic E-state index is 10.9. The highest BCUT2D eigenvalue weighted by Crippen LogP contribution is 2.08. The van der Waals surface area contributed by atoms with Gasteiger partial charge in [0.2, 0.25) is 0 Å². The fourth-order valence-electron chi connectivity index (χ4n) is 1.48. The number of ether oxygens (including phenoxy) is 1. The Morgan fingerprint density at radius 1 is 1.85 bits per heavy atom. The van der Waals surface area contributed by atoms with Crippen molar-refractivity contribution in [2.24, 2.45) is 5.73 Å². The maximum absolute atomic E-state index is 10.9. The van der Waals surface area contributed by atoms with Crippen LogP contribution in [0.3, 0.4) is 0 Å². The van der Waals surface area contributed by atoms with Crippen molar-refractivity contribution in [3.63, 3.8) is 0 Å². The first-order chi connectivity index (χ1) is 6.13. The minimum Gasteiger partial charge on any atom is -0.468 e. The molecule has 0 aliphatic carbocycles. The van der Waals surface area contributed by atoms with Gasteiger partial charge in [0, 0.05) is 19.6 Å². The highest BCUT2D eigenvalue weighted by molar-refractivity contribution is 5.75. The zero-order valence-electron chi connectivity index (χ0n) is 7.77. The Hall–Kier alpha value is -0.650. The molecule has 0 spiro atoms. The number of likely N-dealkylation sites (tertiary alicyclic amines) is 1. The summed E-state index contributed by atoms with van der Waals surface area (Å²) in [5, 5.41) is 9.21. The standard InChI is InChI=1S/C8H16N2O3/c1-13-8(12)7(9)5-10-3-2-6(11)4-10/h6-7,11H,2-5,9H2,1H3. The van der Waals surface area contributed by atoms with Crippen LogP contribution in [-0.2, 0) is 9.53 Å². The van der Waals surface area contributed by atoms with Gasteiger partial charge < -0.3 is 15.6 Å². The number of β-amino-alcohol motifs (C(OH)–C–C–N with tert-alkyl or cyclic N) is 1. The lowest BCUT2D eigenvalue weighted by atomic mass is 10.3. The molecule has 2 atom stereocenters. The number of carbonyl (C=O) groups excluding carboxylic acids is 1. The van der Waals surface area contributed by atoms with E-state index < -0.39 is 12.0 Å². The molecule has 1 aliphatic rings. The van der Waals surface area contributed by atoms with Gasteiger partial charge in [0.05, 0.1) is 13.2 Å². The highest BCUT2D eigenvalue weighted by atomic mass is 16.5. The van der Waals surface area contributed by atoms with Crippen LogP contribution < -0.4 is 5.73 Å². The van der Waals surface area contributed by atoms with Crippen molar-refractivity contribution >= 4 is 5.97 Å². The van der Waals surface area contributed by atoms with E-state index in [1.165, 1.54) is 7.11 Å². The molecule has 0 aromatic carbocycles. The molecule has 13 heavy (non-hydrogen) atoms. The fraction of sp³-hybridized carbons (Fsp3) is 0.875. The number of nitrogens with zero attached hydrogens (tertiary/aromatic N) is 1. The molecular formula is C8H16N2O3. The van der Waals surface area contributed by atoms with Crippen molar-refractivity contribution in [2.75, 3.05) is 26.7 Å². The van der Waals surface area contributed by atoms with Gasteiger partial charge in [-0.15, -0.1) is 0 Å². The first-order valence-corrected chi connectivity index (χ1v) is 4.37. The molecule has 0 amide bonds. The van der Waals surface area contributed by atoms with Crippen molar-refractivity contribution in [1.29, 1.82) is 0 Å². The lowest BCUT2D eigenvalue weighted by molar-refractivity contribution is -0.142. The third-order valence-corrected chi connectivity index (χ3v) is 2.21. The summed E-state index contributed by atoms with van der Waals surface area (Å²) < 4.78 is 4.50. The predicted octanol–water partition coefficient (Wildman–Crippen LogP) is -1.45. The third-order valence-electron chi connectivity index (χ3n) is 2.21. The summed E-state index contributed by atoms with van der Waals surface area (Å²) in [5.41, 5.74) is 5.56. The molecule has 0 saturated carbocycles. The Morgan fingerprint density at radius 2 is 2.54 bits per heavy atom. The molecule has 1 heterocycles. The van der Waals surface area contributed by atoms with Crippen LogP contribution in [0, 0.1) is 0 Å². The van der Waals surface area contributed by atoms with Crippen LogP contribution in [-0.4, -0.2) is 54.9 Å². The average molecular weight is 188 g/mol. The van der Waals surface area contributed by atoms with Crippen molar-refractivity contribution in [3.05, 3.63) is 0 Å². The molecule has 0 aromatic heterocycles. The summed E-state index contributed by atoms with van der Waals surface area (Å²) in [4.78, 5) is 12.9. The number of rotatable bonds is 3. The lowest BCUT2D eigenvalue weighted by Gasteiger charge is -2.18. The predicted molar refractivity (Wildman–Crippen MR) is 47.1 cm³/mol. The van der Waals surface area contributed by atoms with E-state index in [4.69, 9.17) is 5.73 Å². The van der Waals surface area contributed by atoms with E-state index in [1.54, 1.807) is 0 Å². The number of methoxy groups -OCH3 is 1. The minimum atomic E-state index is -0.602. The third kappa shape index (κ3) is 2.95. The SMILES string of the molecule is COC(=O)C(N)CN1CCC(O)C1. The topological polar surface area (TPSA) is 75.8 Å². The van der Waals surface area contributed by atoms with Gasteiger partial charge in [-0.2, -0.15) is 0 Å². The Balaban J connectivity index is 2.28. The second-order valence-electron chi connectivity index (χ2n) is 3.33. The van der Waals surface area contributed by atoms with Crippen LogP contribution in [0.1, 0.15) is 6.42 Å². The Labute approximate surface area is 77.5 Å². The molecule has 2 unspecified atom stereocenters. The molecule has 1 aliphatic heterocycles. The second-order valence-corrected chi connectivity index (χ2v) is 3.33. The Bertz CT molecular complexity index is 186. The average Bonchev–Trinajstić information content (AvgIpc) is 2.49. The van der Waals surface area contributed by atoms with Crippen molar-refractivity contribution in [1.82, 2.24) is 4.90 Å². The number of carbonyl (C=O) groups is 1. The van der Waals surface area contributed by atoms with E-state index in [-0.39, 0.29) is 6.10 Å². The number of aliphatic hydroxyl groups is 1. The molecule has 76 valence electrons. The van der Waals surface area contributed by atoms with Crippen LogP contribution >= 0.6 is 0 Å². The van der Waals surface area contributed by atoms with Crippen LogP contribution in [0.5, 0.6) is 0 Å². The molecule has 3 N–H and O–H groups in total. The quantitative estimate of drug-likeness (QED) is 0.530. The van der Waals surface area contributed by atoms with Gasteiger partial charge in [-0.05, 0) is 6.42 Å². The normalized spacial score (nSPS) is 25.9. The number of aliphatic hydroxyl groups excluding tert-OH is 1. The molecule has 1 rings (SSSR count). The number of hydrogen-bond acceptors (Lipinski definition) is 5. The number of nitrogens with two attached hydrogens (primary N) is 1. The van der Waals surface area contributed by atoms with Gasteiger partial charge >= 0.3 is 5.97 Å².